The third-order valence-corrected chi connectivity index (χ3v) is 3.06. The van der Waals surface area contributed by atoms with Gasteiger partial charge in [-0.15, -0.1) is 0 Å². The van der Waals surface area contributed by atoms with Crippen LogP contribution in [0.4, 0.5) is 0 Å². The summed E-state index contributed by atoms with van der Waals surface area (Å²) in [4.78, 5) is 0. The van der Waals surface area contributed by atoms with Crippen molar-refractivity contribution in [2.24, 2.45) is 0 Å². The van der Waals surface area contributed by atoms with E-state index in [4.69, 9.17) is 0 Å². The highest BCUT2D eigenvalue weighted by Gasteiger charge is 1.90. The van der Waals surface area contributed by atoms with Gasteiger partial charge in [0.05, 0.1) is 0 Å². The van der Waals surface area contributed by atoms with E-state index in [1.165, 1.54) is 11.1 Å². The molecule has 1 aromatic carbocycles. The Hall–Kier alpha value is 0.680. The molecule has 54 valence electrons. The van der Waals surface area contributed by atoms with Crippen LogP contribution in [0.25, 0.3) is 0 Å². The maximum atomic E-state index is 2.38. The third kappa shape index (κ3) is 2.38. The van der Waals surface area contributed by atoms with Gasteiger partial charge in [0.1, 0.15) is 0 Å². The third-order valence-electron chi connectivity index (χ3n) is 1.30. The van der Waals surface area contributed by atoms with Crippen LogP contribution in [0.1, 0.15) is 11.1 Å². The van der Waals surface area contributed by atoms with Crippen LogP contribution in [0.5, 0.6) is 0 Å². The van der Waals surface area contributed by atoms with Crippen LogP contribution in [0.3, 0.4) is 0 Å². The number of alkyl halides is 2. The Balaban J connectivity index is 2.87. The smallest absolute Gasteiger partial charge is 0.0247 e. The number of hydrogen-bond donors (Lipinski definition) is 0. The van der Waals surface area contributed by atoms with Crippen molar-refractivity contribution in [3.63, 3.8) is 0 Å². The average Bonchev–Trinajstić information content (AvgIpc) is 2.05. The van der Waals surface area contributed by atoms with Gasteiger partial charge in [-0.1, -0.05) is 69.4 Å². The van der Waals surface area contributed by atoms with E-state index in [0.717, 1.165) is 8.86 Å². The first-order valence-electron chi connectivity index (χ1n) is 3.06. The highest BCUT2D eigenvalue weighted by Crippen LogP contribution is 2.11. The van der Waals surface area contributed by atoms with Crippen molar-refractivity contribution in [3.8, 4) is 0 Å². The molecule has 0 aliphatic rings. The van der Waals surface area contributed by atoms with Crippen molar-refractivity contribution in [2.45, 2.75) is 8.86 Å². The molecule has 1 rings (SSSR count). The molecular formula is C8H8I2. The maximum absolute atomic E-state index is 2.38. The number of rotatable bonds is 2. The predicted octanol–water partition coefficient (Wildman–Crippen LogP) is 3.56. The van der Waals surface area contributed by atoms with Crippen molar-refractivity contribution < 1.29 is 0 Å². The lowest BCUT2D eigenvalue weighted by atomic mass is 10.2. The second kappa shape index (κ2) is 4.54. The largest absolute Gasteiger partial charge is 0.0812 e. The summed E-state index contributed by atoms with van der Waals surface area (Å²) >= 11 is 4.77. The lowest BCUT2D eigenvalue weighted by molar-refractivity contribution is 1.37. The van der Waals surface area contributed by atoms with Crippen molar-refractivity contribution >= 4 is 45.2 Å². The van der Waals surface area contributed by atoms with Gasteiger partial charge >= 0.3 is 0 Å². The summed E-state index contributed by atoms with van der Waals surface area (Å²) in [5.41, 5.74) is 2.85. The average molecular weight is 358 g/mol. The molecule has 0 saturated heterocycles. The van der Waals surface area contributed by atoms with E-state index >= 15 is 0 Å². The second-order valence-electron chi connectivity index (χ2n) is 2.09. The number of hydrogen-bond acceptors (Lipinski definition) is 0. The van der Waals surface area contributed by atoms with E-state index in [1.54, 1.807) is 0 Å². The van der Waals surface area contributed by atoms with Gasteiger partial charge in [-0.05, 0) is 11.1 Å². The molecule has 0 aliphatic carbocycles. The van der Waals surface area contributed by atoms with Crippen molar-refractivity contribution in [1.82, 2.24) is 0 Å². The molecule has 0 bridgehead atoms. The highest BCUT2D eigenvalue weighted by molar-refractivity contribution is 14.1. The molecule has 10 heavy (non-hydrogen) atoms. The lowest BCUT2D eigenvalue weighted by Crippen LogP contribution is -1.80. The Morgan fingerprint density at radius 1 is 1.00 bits per heavy atom. The van der Waals surface area contributed by atoms with Crippen LogP contribution in [0.2, 0.25) is 0 Å². The van der Waals surface area contributed by atoms with E-state index in [1.807, 2.05) is 0 Å². The van der Waals surface area contributed by atoms with Crippen LogP contribution in [-0.2, 0) is 8.86 Å². The molecule has 0 aliphatic heterocycles. The molecule has 0 N–H and O–H groups in total. The molecule has 0 heterocycles. The molecule has 0 amide bonds. The second-order valence-corrected chi connectivity index (χ2v) is 3.61. The van der Waals surface area contributed by atoms with Gasteiger partial charge in [0, 0.05) is 8.86 Å². The Morgan fingerprint density at radius 2 is 1.50 bits per heavy atom. The summed E-state index contributed by atoms with van der Waals surface area (Å²) in [6.07, 6.45) is 0. The van der Waals surface area contributed by atoms with E-state index in [9.17, 15) is 0 Å². The maximum Gasteiger partial charge on any atom is 0.0247 e. The normalized spacial score (nSPS) is 9.80. The molecule has 0 saturated carbocycles. The summed E-state index contributed by atoms with van der Waals surface area (Å²) in [6.45, 7) is 0. The lowest BCUT2D eigenvalue weighted by Gasteiger charge is -1.97. The molecule has 0 spiro atoms. The fraction of sp³-hybridized carbons (Fsp3) is 0.250. The fourth-order valence-electron chi connectivity index (χ4n) is 0.796. The molecule has 0 unspecified atom stereocenters. The zero-order valence-electron chi connectivity index (χ0n) is 5.48. The van der Waals surface area contributed by atoms with E-state index in [2.05, 4.69) is 69.4 Å². The van der Waals surface area contributed by atoms with Crippen LogP contribution in [-0.4, -0.2) is 0 Å². The Morgan fingerprint density at radius 3 is 1.90 bits per heavy atom. The zero-order chi connectivity index (χ0) is 7.40. The molecule has 0 nitrogen and oxygen atoms in total. The Labute approximate surface area is 88.7 Å². The van der Waals surface area contributed by atoms with Gasteiger partial charge < -0.3 is 0 Å². The number of benzene rings is 1. The Bertz CT molecular complexity index is 189. The molecular weight excluding hydrogens is 350 g/mol. The first-order valence-corrected chi connectivity index (χ1v) is 6.11. The fourth-order valence-corrected chi connectivity index (χ4v) is 1.74. The number of halogens is 2. The Kier molecular flexibility index (Phi) is 3.98. The van der Waals surface area contributed by atoms with Gasteiger partial charge in [-0.2, -0.15) is 0 Å². The van der Waals surface area contributed by atoms with E-state index in [-0.39, 0.29) is 0 Å². The summed E-state index contributed by atoms with van der Waals surface area (Å²) in [6, 6.07) is 8.73. The summed E-state index contributed by atoms with van der Waals surface area (Å²) in [5, 5.41) is 0. The standard InChI is InChI=1S/C8H8I2/c9-5-7-2-1-3-8(4-7)6-10/h1-4H,5-6H2. The van der Waals surface area contributed by atoms with Crippen LogP contribution in [0, 0.1) is 0 Å². The van der Waals surface area contributed by atoms with Gasteiger partial charge in [0.25, 0.3) is 0 Å². The monoisotopic (exact) mass is 358 g/mol. The first-order chi connectivity index (χ1) is 4.86. The quantitative estimate of drug-likeness (QED) is 0.561. The van der Waals surface area contributed by atoms with Gasteiger partial charge in [-0.3, -0.25) is 0 Å². The highest BCUT2D eigenvalue weighted by atomic mass is 127. The topological polar surface area (TPSA) is 0 Å². The van der Waals surface area contributed by atoms with Gasteiger partial charge in [-0.25, -0.2) is 0 Å². The summed E-state index contributed by atoms with van der Waals surface area (Å²) < 4.78 is 2.23. The summed E-state index contributed by atoms with van der Waals surface area (Å²) in [7, 11) is 0. The van der Waals surface area contributed by atoms with E-state index < -0.39 is 0 Å². The van der Waals surface area contributed by atoms with E-state index in [0.29, 0.717) is 0 Å². The summed E-state index contributed by atoms with van der Waals surface area (Å²) in [5.74, 6) is 0. The van der Waals surface area contributed by atoms with Crippen LogP contribution >= 0.6 is 45.2 Å². The van der Waals surface area contributed by atoms with Gasteiger partial charge in [0.15, 0.2) is 0 Å². The van der Waals surface area contributed by atoms with Crippen LogP contribution in [0.15, 0.2) is 24.3 Å². The van der Waals surface area contributed by atoms with Crippen molar-refractivity contribution in [1.29, 1.82) is 0 Å². The predicted molar refractivity (Wildman–Crippen MR) is 61.9 cm³/mol. The first kappa shape index (κ1) is 8.77. The minimum Gasteiger partial charge on any atom is -0.0812 e. The zero-order valence-corrected chi connectivity index (χ0v) is 9.79. The minimum atomic E-state index is 1.11. The molecule has 0 atom stereocenters. The molecule has 0 aromatic heterocycles. The molecule has 0 radical (unpaired) electrons. The molecule has 0 fully saturated rings. The SMILES string of the molecule is ICc1cccc(CI)c1. The van der Waals surface area contributed by atoms with Crippen molar-refractivity contribution in [2.75, 3.05) is 0 Å². The van der Waals surface area contributed by atoms with Crippen LogP contribution < -0.4 is 0 Å². The van der Waals surface area contributed by atoms with Crippen molar-refractivity contribution in [3.05, 3.63) is 35.4 Å². The molecule has 1 aromatic rings. The van der Waals surface area contributed by atoms with Gasteiger partial charge in [0.2, 0.25) is 0 Å². The molecule has 2 heteroatoms. The minimum absolute atomic E-state index is 1.11.